The Bertz CT molecular complexity index is 811. The molecule has 0 aliphatic carbocycles. The molecular weight excluding hydrogens is 283 g/mol. The third kappa shape index (κ3) is 2.90. The summed E-state index contributed by atoms with van der Waals surface area (Å²) >= 11 is 0. The molecule has 112 valence electrons. The Morgan fingerprint density at radius 2 is 2.00 bits per heavy atom. The van der Waals surface area contributed by atoms with Gasteiger partial charge in [-0.25, -0.2) is 9.18 Å². The summed E-state index contributed by atoms with van der Waals surface area (Å²) in [5.41, 5.74) is 2.47. The summed E-state index contributed by atoms with van der Waals surface area (Å²) in [7, 11) is 1.85. The zero-order valence-electron chi connectivity index (χ0n) is 12.0. The second kappa shape index (κ2) is 5.85. The quantitative estimate of drug-likeness (QED) is 0.781. The number of rotatable bonds is 3. The molecular formula is C16H15FN4O. The van der Waals surface area contributed by atoms with E-state index in [9.17, 15) is 9.18 Å². The summed E-state index contributed by atoms with van der Waals surface area (Å²) in [6.07, 6.45) is 1.71. The molecule has 0 radical (unpaired) electrons. The molecule has 0 unspecified atom stereocenters. The average molecular weight is 298 g/mol. The van der Waals surface area contributed by atoms with Crippen molar-refractivity contribution in [1.82, 2.24) is 15.1 Å². The molecule has 0 fully saturated rings. The maximum atomic E-state index is 12.8. The highest BCUT2D eigenvalue weighted by atomic mass is 19.1. The molecule has 6 heteroatoms. The standard InChI is InChI=1S/C16H15FN4O/c1-21-15-4-2-3-14(13(15)10-19-21)20-16(22)18-9-11-5-7-12(17)8-6-11/h2-8,10H,9H2,1H3,(H2,18,20,22). The number of nitrogens with zero attached hydrogens (tertiary/aromatic N) is 2. The van der Waals surface area contributed by atoms with Gasteiger partial charge >= 0.3 is 6.03 Å². The summed E-state index contributed by atoms with van der Waals surface area (Å²) in [4.78, 5) is 12.0. The fourth-order valence-corrected chi connectivity index (χ4v) is 2.24. The van der Waals surface area contributed by atoms with Crippen molar-refractivity contribution in [2.24, 2.45) is 7.05 Å². The number of nitrogens with one attached hydrogen (secondary N) is 2. The molecule has 0 saturated carbocycles. The van der Waals surface area contributed by atoms with Crippen LogP contribution < -0.4 is 10.6 Å². The van der Waals surface area contributed by atoms with Crippen molar-refractivity contribution < 1.29 is 9.18 Å². The van der Waals surface area contributed by atoms with Crippen LogP contribution in [0, 0.1) is 5.82 Å². The first-order chi connectivity index (χ1) is 10.6. The van der Waals surface area contributed by atoms with E-state index in [1.807, 2.05) is 25.2 Å². The largest absolute Gasteiger partial charge is 0.334 e. The number of carbonyl (C=O) groups is 1. The highest BCUT2D eigenvalue weighted by Gasteiger charge is 2.08. The minimum atomic E-state index is -0.319. The van der Waals surface area contributed by atoms with Crippen molar-refractivity contribution in [3.8, 4) is 0 Å². The predicted octanol–water partition coefficient (Wildman–Crippen LogP) is 3.03. The number of aryl methyl sites for hydroxylation is 1. The fraction of sp³-hybridized carbons (Fsp3) is 0.125. The summed E-state index contributed by atoms with van der Waals surface area (Å²) in [5.74, 6) is -0.295. The van der Waals surface area contributed by atoms with E-state index in [4.69, 9.17) is 0 Å². The number of aromatic nitrogens is 2. The Morgan fingerprint density at radius 3 is 2.77 bits per heavy atom. The average Bonchev–Trinajstić information content (AvgIpc) is 2.90. The number of halogens is 1. The van der Waals surface area contributed by atoms with Gasteiger partial charge in [-0.1, -0.05) is 18.2 Å². The Kier molecular flexibility index (Phi) is 3.74. The lowest BCUT2D eigenvalue weighted by Crippen LogP contribution is -2.28. The lowest BCUT2D eigenvalue weighted by Gasteiger charge is -2.08. The Hall–Kier alpha value is -2.89. The van der Waals surface area contributed by atoms with Crippen LogP contribution in [-0.2, 0) is 13.6 Å². The molecule has 1 aromatic heterocycles. The molecule has 0 spiro atoms. The molecule has 2 aromatic carbocycles. The molecule has 22 heavy (non-hydrogen) atoms. The first kappa shape index (κ1) is 14.1. The zero-order chi connectivity index (χ0) is 15.5. The van der Waals surface area contributed by atoms with Crippen LogP contribution in [-0.4, -0.2) is 15.8 Å². The Labute approximate surface area is 126 Å². The third-order valence-electron chi connectivity index (χ3n) is 3.41. The molecule has 2 amide bonds. The lowest BCUT2D eigenvalue weighted by atomic mass is 10.2. The smallest absolute Gasteiger partial charge is 0.319 e. The first-order valence-electron chi connectivity index (χ1n) is 6.83. The van der Waals surface area contributed by atoms with Crippen molar-refractivity contribution in [2.75, 3.05) is 5.32 Å². The second-order valence-electron chi connectivity index (χ2n) is 4.94. The van der Waals surface area contributed by atoms with E-state index in [0.29, 0.717) is 12.2 Å². The van der Waals surface area contributed by atoms with Gasteiger partial charge in [0.05, 0.1) is 17.4 Å². The topological polar surface area (TPSA) is 59.0 Å². The van der Waals surface area contributed by atoms with Crippen LogP contribution in [0.1, 0.15) is 5.56 Å². The van der Waals surface area contributed by atoms with E-state index in [0.717, 1.165) is 16.5 Å². The van der Waals surface area contributed by atoms with Gasteiger partial charge < -0.3 is 10.6 Å². The van der Waals surface area contributed by atoms with E-state index in [2.05, 4.69) is 15.7 Å². The van der Waals surface area contributed by atoms with E-state index in [-0.39, 0.29) is 11.8 Å². The number of urea groups is 1. The van der Waals surface area contributed by atoms with Gasteiger partial charge in [0.1, 0.15) is 5.82 Å². The highest BCUT2D eigenvalue weighted by Crippen LogP contribution is 2.22. The van der Waals surface area contributed by atoms with E-state index in [1.165, 1.54) is 12.1 Å². The maximum Gasteiger partial charge on any atom is 0.319 e. The summed E-state index contributed by atoms with van der Waals surface area (Å²) in [6.45, 7) is 0.329. The molecule has 1 heterocycles. The van der Waals surface area contributed by atoms with Gasteiger partial charge in [0.25, 0.3) is 0 Å². The SMILES string of the molecule is Cn1ncc2c(NC(=O)NCc3ccc(F)cc3)cccc21. The van der Waals surface area contributed by atoms with Gasteiger partial charge in [0.2, 0.25) is 0 Å². The monoisotopic (exact) mass is 298 g/mol. The van der Waals surface area contributed by atoms with Gasteiger partial charge in [-0.15, -0.1) is 0 Å². The number of benzene rings is 2. The number of fused-ring (bicyclic) bond motifs is 1. The molecule has 0 bridgehead atoms. The number of carbonyl (C=O) groups excluding carboxylic acids is 1. The van der Waals surface area contributed by atoms with Crippen LogP contribution in [0.3, 0.4) is 0 Å². The molecule has 2 N–H and O–H groups in total. The Morgan fingerprint density at radius 1 is 1.23 bits per heavy atom. The van der Waals surface area contributed by atoms with Crippen molar-refractivity contribution in [3.05, 3.63) is 60.0 Å². The number of hydrogen-bond acceptors (Lipinski definition) is 2. The molecule has 3 aromatic rings. The van der Waals surface area contributed by atoms with Gasteiger partial charge in [-0.2, -0.15) is 5.10 Å². The summed E-state index contributed by atoms with van der Waals surface area (Å²) < 4.78 is 14.6. The molecule has 0 saturated heterocycles. The minimum absolute atomic E-state index is 0.295. The summed E-state index contributed by atoms with van der Waals surface area (Å²) in [6, 6.07) is 11.3. The predicted molar refractivity (Wildman–Crippen MR) is 83.0 cm³/mol. The van der Waals surface area contributed by atoms with Gasteiger partial charge in [0, 0.05) is 19.0 Å². The number of amides is 2. The van der Waals surface area contributed by atoms with Crippen molar-refractivity contribution >= 4 is 22.6 Å². The summed E-state index contributed by atoms with van der Waals surface area (Å²) in [5, 5.41) is 10.6. The van der Waals surface area contributed by atoms with Crippen LogP contribution in [0.4, 0.5) is 14.9 Å². The second-order valence-corrected chi connectivity index (χ2v) is 4.94. The van der Waals surface area contributed by atoms with E-state index >= 15 is 0 Å². The van der Waals surface area contributed by atoms with Gasteiger partial charge in [0.15, 0.2) is 0 Å². The zero-order valence-corrected chi connectivity index (χ0v) is 12.0. The molecule has 0 aliphatic rings. The van der Waals surface area contributed by atoms with Crippen molar-refractivity contribution in [2.45, 2.75) is 6.54 Å². The number of hydrogen-bond donors (Lipinski definition) is 2. The van der Waals surface area contributed by atoms with Crippen molar-refractivity contribution in [1.29, 1.82) is 0 Å². The fourth-order valence-electron chi connectivity index (χ4n) is 2.24. The van der Waals surface area contributed by atoms with E-state index in [1.54, 1.807) is 23.0 Å². The van der Waals surface area contributed by atoms with Crippen molar-refractivity contribution in [3.63, 3.8) is 0 Å². The van der Waals surface area contributed by atoms with Crippen LogP contribution >= 0.6 is 0 Å². The molecule has 0 aliphatic heterocycles. The highest BCUT2D eigenvalue weighted by molar-refractivity contribution is 6.00. The molecule has 5 nitrogen and oxygen atoms in total. The molecule has 0 atom stereocenters. The maximum absolute atomic E-state index is 12.8. The van der Waals surface area contributed by atoms with Gasteiger partial charge in [-0.05, 0) is 29.8 Å². The lowest BCUT2D eigenvalue weighted by molar-refractivity contribution is 0.252. The normalized spacial score (nSPS) is 10.6. The van der Waals surface area contributed by atoms with Crippen LogP contribution in [0.25, 0.3) is 10.9 Å². The first-order valence-corrected chi connectivity index (χ1v) is 6.83. The van der Waals surface area contributed by atoms with E-state index < -0.39 is 0 Å². The third-order valence-corrected chi connectivity index (χ3v) is 3.41. The molecule has 3 rings (SSSR count). The van der Waals surface area contributed by atoms with Crippen LogP contribution in [0.2, 0.25) is 0 Å². The van der Waals surface area contributed by atoms with Gasteiger partial charge in [-0.3, -0.25) is 4.68 Å². The Balaban J connectivity index is 1.67. The van der Waals surface area contributed by atoms with Crippen LogP contribution in [0.5, 0.6) is 0 Å². The van der Waals surface area contributed by atoms with Crippen LogP contribution in [0.15, 0.2) is 48.7 Å². The minimum Gasteiger partial charge on any atom is -0.334 e. The number of anilines is 1.